The number of ether oxygens (including phenoxy) is 2. The minimum atomic E-state index is -1.23. The quantitative estimate of drug-likeness (QED) is 0.289. The Hall–Kier alpha value is -2.82. The number of halogens is 1. The molecule has 10 heteroatoms. The number of rotatable bonds is 7. The van der Waals surface area contributed by atoms with E-state index in [0.717, 1.165) is 24.4 Å². The number of aromatic nitrogens is 5. The van der Waals surface area contributed by atoms with Crippen molar-refractivity contribution in [3.05, 3.63) is 53.0 Å². The summed E-state index contributed by atoms with van der Waals surface area (Å²) in [4.78, 5) is 22.8. The summed E-state index contributed by atoms with van der Waals surface area (Å²) in [5.41, 5.74) is 3.14. The van der Waals surface area contributed by atoms with Crippen molar-refractivity contribution in [2.45, 2.75) is 51.3 Å². The highest BCUT2D eigenvalue weighted by atomic mass is 28.3. The Balaban J connectivity index is 1.57. The molecule has 180 valence electrons. The van der Waals surface area contributed by atoms with Crippen LogP contribution in [0.4, 0.5) is 4.39 Å². The molecule has 1 fully saturated rings. The van der Waals surface area contributed by atoms with E-state index in [-0.39, 0.29) is 24.3 Å². The molecule has 8 nitrogen and oxygen atoms in total. The summed E-state index contributed by atoms with van der Waals surface area (Å²) in [6.45, 7) is 8.96. The van der Waals surface area contributed by atoms with Gasteiger partial charge >= 0.3 is 5.69 Å². The smallest absolute Gasteiger partial charge is 0.332 e. The predicted octanol–water partition coefficient (Wildman–Crippen LogP) is 4.32. The largest absolute Gasteiger partial charge is 0.381 e. The van der Waals surface area contributed by atoms with E-state index in [0.29, 0.717) is 42.5 Å². The normalized spacial score (nSPS) is 15.5. The highest BCUT2D eigenvalue weighted by Crippen LogP contribution is 2.27. The molecule has 0 spiro atoms. The molecule has 1 aliphatic heterocycles. The van der Waals surface area contributed by atoms with Gasteiger partial charge in [0.25, 0.3) is 0 Å². The number of hydrogen-bond donors (Lipinski definition) is 0. The number of fused-ring (bicyclic) bond motifs is 2. The monoisotopic (exact) mass is 483 g/mol. The van der Waals surface area contributed by atoms with Crippen molar-refractivity contribution in [1.82, 2.24) is 23.5 Å². The van der Waals surface area contributed by atoms with Crippen LogP contribution in [0.3, 0.4) is 0 Å². The van der Waals surface area contributed by atoms with Crippen LogP contribution in [-0.2, 0) is 16.2 Å². The second kappa shape index (κ2) is 9.08. The van der Waals surface area contributed by atoms with Gasteiger partial charge in [0, 0.05) is 40.1 Å². The van der Waals surface area contributed by atoms with E-state index in [1.54, 1.807) is 25.8 Å². The van der Waals surface area contributed by atoms with E-state index >= 15 is 0 Å². The van der Waals surface area contributed by atoms with Gasteiger partial charge in [-0.25, -0.2) is 19.2 Å². The molecule has 0 atom stereocenters. The van der Waals surface area contributed by atoms with Crippen LogP contribution in [0.15, 0.2) is 41.5 Å². The van der Waals surface area contributed by atoms with E-state index in [2.05, 4.69) is 24.6 Å². The maximum absolute atomic E-state index is 13.9. The third-order valence-electron chi connectivity index (χ3n) is 6.32. The molecule has 5 heterocycles. The lowest BCUT2D eigenvalue weighted by Crippen LogP contribution is -2.31. The standard InChI is InChI=1S/C24H30FN5O3Si/c1-34(2,3)13-12-33-16-29-20-6-5-19(21-14-26-22-7-4-17(25)15-28(21)22)27-23(20)30(24(29)31)18-8-10-32-11-9-18/h4-7,14-15,18H,8-13,16H2,1-3H3. The lowest BCUT2D eigenvalue weighted by atomic mass is 10.1. The molecule has 34 heavy (non-hydrogen) atoms. The number of hydrogen-bond acceptors (Lipinski definition) is 5. The van der Waals surface area contributed by atoms with Gasteiger partial charge in [0.2, 0.25) is 0 Å². The van der Waals surface area contributed by atoms with Gasteiger partial charge in [0.1, 0.15) is 18.2 Å². The fourth-order valence-electron chi connectivity index (χ4n) is 4.37. The van der Waals surface area contributed by atoms with E-state index < -0.39 is 8.07 Å². The van der Waals surface area contributed by atoms with Crippen molar-refractivity contribution in [3.63, 3.8) is 0 Å². The molecule has 0 bridgehead atoms. The van der Waals surface area contributed by atoms with Crippen molar-refractivity contribution in [2.24, 2.45) is 0 Å². The first-order valence-electron chi connectivity index (χ1n) is 11.7. The van der Waals surface area contributed by atoms with Crippen LogP contribution in [0.2, 0.25) is 25.7 Å². The third kappa shape index (κ3) is 4.45. The van der Waals surface area contributed by atoms with Crippen LogP contribution >= 0.6 is 0 Å². The Morgan fingerprint density at radius 2 is 1.97 bits per heavy atom. The molecule has 1 aliphatic rings. The molecule has 0 saturated carbocycles. The summed E-state index contributed by atoms with van der Waals surface area (Å²) < 4.78 is 30.5. The van der Waals surface area contributed by atoms with E-state index in [4.69, 9.17) is 14.5 Å². The van der Waals surface area contributed by atoms with Gasteiger partial charge in [0.05, 0.1) is 23.1 Å². The zero-order valence-corrected chi connectivity index (χ0v) is 20.8. The van der Waals surface area contributed by atoms with Crippen LogP contribution in [0.25, 0.3) is 28.2 Å². The van der Waals surface area contributed by atoms with E-state index in [1.807, 2.05) is 12.1 Å². The molecule has 0 aromatic carbocycles. The van der Waals surface area contributed by atoms with Crippen LogP contribution in [0.5, 0.6) is 0 Å². The Morgan fingerprint density at radius 3 is 2.74 bits per heavy atom. The molecule has 1 saturated heterocycles. The number of nitrogens with zero attached hydrogens (tertiary/aromatic N) is 5. The molecule has 0 unspecified atom stereocenters. The van der Waals surface area contributed by atoms with Crippen molar-refractivity contribution in [1.29, 1.82) is 0 Å². The second-order valence-corrected chi connectivity index (χ2v) is 15.7. The van der Waals surface area contributed by atoms with Gasteiger partial charge in [-0.15, -0.1) is 0 Å². The fraction of sp³-hybridized carbons (Fsp3) is 0.458. The topological polar surface area (TPSA) is 75.6 Å². The first-order chi connectivity index (χ1) is 16.3. The molecule has 0 N–H and O–H groups in total. The summed E-state index contributed by atoms with van der Waals surface area (Å²) in [6.07, 6.45) is 4.58. The Labute approximate surface area is 198 Å². The highest BCUT2D eigenvalue weighted by Gasteiger charge is 2.25. The molecule has 0 aliphatic carbocycles. The molecule has 5 rings (SSSR count). The van der Waals surface area contributed by atoms with Gasteiger partial charge in [-0.2, -0.15) is 0 Å². The van der Waals surface area contributed by atoms with Crippen LogP contribution in [-0.4, -0.2) is 51.4 Å². The maximum atomic E-state index is 13.9. The number of imidazole rings is 2. The third-order valence-corrected chi connectivity index (χ3v) is 8.02. The summed E-state index contributed by atoms with van der Waals surface area (Å²) in [5, 5.41) is 0. The number of pyridine rings is 2. The van der Waals surface area contributed by atoms with Crippen molar-refractivity contribution in [3.8, 4) is 11.4 Å². The van der Waals surface area contributed by atoms with Crippen LogP contribution in [0, 0.1) is 5.82 Å². The Morgan fingerprint density at radius 1 is 1.18 bits per heavy atom. The maximum Gasteiger partial charge on any atom is 0.332 e. The lowest BCUT2D eigenvalue weighted by Gasteiger charge is -2.23. The minimum Gasteiger partial charge on any atom is -0.381 e. The summed E-state index contributed by atoms with van der Waals surface area (Å²) in [5.74, 6) is -0.353. The van der Waals surface area contributed by atoms with Crippen LogP contribution in [0.1, 0.15) is 18.9 Å². The average Bonchev–Trinajstić information content (AvgIpc) is 3.34. The first-order valence-corrected chi connectivity index (χ1v) is 15.4. The van der Waals surface area contributed by atoms with Crippen molar-refractivity contribution in [2.75, 3.05) is 19.8 Å². The summed E-state index contributed by atoms with van der Waals surface area (Å²) in [6, 6.07) is 7.80. The van der Waals surface area contributed by atoms with Gasteiger partial charge < -0.3 is 9.47 Å². The van der Waals surface area contributed by atoms with Gasteiger partial charge in [-0.05, 0) is 43.2 Å². The first kappa shape index (κ1) is 22.9. The summed E-state index contributed by atoms with van der Waals surface area (Å²) >= 11 is 0. The molecule has 0 amide bonds. The van der Waals surface area contributed by atoms with Gasteiger partial charge in [-0.1, -0.05) is 19.6 Å². The zero-order valence-electron chi connectivity index (χ0n) is 19.8. The molecule has 4 aromatic heterocycles. The van der Waals surface area contributed by atoms with E-state index in [1.165, 1.54) is 12.3 Å². The SMILES string of the molecule is C[Si](C)(C)CCOCn1c(=O)n(C2CCOCC2)c2nc(-c3cnc4ccc(F)cn34)ccc21. The van der Waals surface area contributed by atoms with Gasteiger partial charge in [-0.3, -0.25) is 13.5 Å². The minimum absolute atomic E-state index is 0.00867. The predicted molar refractivity (Wildman–Crippen MR) is 131 cm³/mol. The van der Waals surface area contributed by atoms with Crippen LogP contribution < -0.4 is 5.69 Å². The summed E-state index contributed by atoms with van der Waals surface area (Å²) in [7, 11) is -1.23. The molecule has 4 aromatic rings. The molecular formula is C24H30FN5O3Si. The lowest BCUT2D eigenvalue weighted by molar-refractivity contribution is 0.0669. The zero-order chi connectivity index (χ0) is 23.9. The average molecular weight is 484 g/mol. The Kier molecular flexibility index (Phi) is 6.13. The van der Waals surface area contributed by atoms with Crippen molar-refractivity contribution < 1.29 is 13.9 Å². The molecular weight excluding hydrogens is 453 g/mol. The van der Waals surface area contributed by atoms with Crippen molar-refractivity contribution >= 4 is 24.9 Å². The van der Waals surface area contributed by atoms with Gasteiger partial charge in [0.15, 0.2) is 5.65 Å². The second-order valence-electron chi connectivity index (χ2n) is 10.0. The highest BCUT2D eigenvalue weighted by molar-refractivity contribution is 6.76. The molecule has 0 radical (unpaired) electrons. The van der Waals surface area contributed by atoms with E-state index in [9.17, 15) is 9.18 Å². The Bertz CT molecular complexity index is 1380. The fourth-order valence-corrected chi connectivity index (χ4v) is 5.13.